The third-order valence-electron chi connectivity index (χ3n) is 4.51. The maximum atomic E-state index is 5.31. The summed E-state index contributed by atoms with van der Waals surface area (Å²) < 4.78 is 5.89. The molecule has 2 nitrogen and oxygen atoms in total. The number of benzene rings is 2. The van der Waals surface area contributed by atoms with Gasteiger partial charge in [-0.3, -0.25) is 0 Å². The molecule has 0 radical (unpaired) electrons. The number of hydrogen-bond acceptors (Lipinski definition) is 4. The summed E-state index contributed by atoms with van der Waals surface area (Å²) in [6.45, 7) is 0. The van der Waals surface area contributed by atoms with Crippen LogP contribution < -0.4 is 0 Å². The standard InChI is InChI=1S/C20H16N2S4/c1-21-17(11-25-19(21)23)15-7-3-13(4-8-15)14-5-9-16(10-6-14)18-12-26-20(24)22(18)2/h3-12H,1-2H3. The van der Waals surface area contributed by atoms with Gasteiger partial charge >= 0.3 is 0 Å². The average molecular weight is 413 g/mol. The zero-order chi connectivity index (χ0) is 18.3. The van der Waals surface area contributed by atoms with Crippen molar-refractivity contribution in [1.29, 1.82) is 0 Å². The molecule has 0 saturated heterocycles. The summed E-state index contributed by atoms with van der Waals surface area (Å²) >= 11 is 13.8. The van der Waals surface area contributed by atoms with Crippen molar-refractivity contribution in [3.63, 3.8) is 0 Å². The number of aromatic nitrogens is 2. The second kappa shape index (κ2) is 7.04. The van der Waals surface area contributed by atoms with Gasteiger partial charge in [-0.05, 0) is 46.7 Å². The van der Waals surface area contributed by atoms with Gasteiger partial charge in [0, 0.05) is 24.9 Å². The molecule has 0 amide bonds. The van der Waals surface area contributed by atoms with Gasteiger partial charge in [0.05, 0.1) is 11.4 Å². The van der Waals surface area contributed by atoms with Crippen molar-refractivity contribution in [2.75, 3.05) is 0 Å². The van der Waals surface area contributed by atoms with Crippen LogP contribution in [0, 0.1) is 7.91 Å². The van der Waals surface area contributed by atoms with E-state index in [1.807, 2.05) is 14.1 Å². The molecule has 0 atom stereocenters. The van der Waals surface area contributed by atoms with Crippen LogP contribution in [0.1, 0.15) is 0 Å². The Balaban J connectivity index is 1.64. The SMILES string of the molecule is Cn1c(-c2ccc(-c3ccc(-c4csc(=S)n4C)cc3)cc2)csc1=S. The van der Waals surface area contributed by atoms with Crippen molar-refractivity contribution in [2.24, 2.45) is 14.1 Å². The van der Waals surface area contributed by atoms with Gasteiger partial charge in [-0.15, -0.1) is 22.7 Å². The summed E-state index contributed by atoms with van der Waals surface area (Å²) in [6, 6.07) is 17.3. The fourth-order valence-corrected chi connectivity index (χ4v) is 4.93. The van der Waals surface area contributed by atoms with Gasteiger partial charge in [-0.25, -0.2) is 0 Å². The fraction of sp³-hybridized carbons (Fsp3) is 0.100. The predicted octanol–water partition coefficient (Wildman–Crippen LogP) is 6.95. The molecule has 0 aliphatic heterocycles. The third kappa shape index (κ3) is 3.14. The highest BCUT2D eigenvalue weighted by Gasteiger charge is 2.07. The van der Waals surface area contributed by atoms with Crippen LogP contribution in [0.4, 0.5) is 0 Å². The minimum atomic E-state index is 0.892. The van der Waals surface area contributed by atoms with E-state index in [4.69, 9.17) is 24.4 Å². The highest BCUT2D eigenvalue weighted by atomic mass is 32.2. The lowest BCUT2D eigenvalue weighted by Gasteiger charge is -2.07. The Hall–Kier alpha value is -1.86. The first kappa shape index (κ1) is 17.5. The van der Waals surface area contributed by atoms with Crippen molar-refractivity contribution in [1.82, 2.24) is 9.13 Å². The predicted molar refractivity (Wildman–Crippen MR) is 118 cm³/mol. The molecule has 26 heavy (non-hydrogen) atoms. The highest BCUT2D eigenvalue weighted by Crippen LogP contribution is 2.29. The van der Waals surface area contributed by atoms with E-state index in [-0.39, 0.29) is 0 Å². The molecule has 4 aromatic rings. The Morgan fingerprint density at radius 3 is 1.15 bits per heavy atom. The summed E-state index contributed by atoms with van der Waals surface area (Å²) in [5.74, 6) is 0. The molecule has 4 rings (SSSR count). The Morgan fingerprint density at radius 1 is 0.577 bits per heavy atom. The van der Waals surface area contributed by atoms with Crippen molar-refractivity contribution < 1.29 is 0 Å². The van der Waals surface area contributed by atoms with Gasteiger partial charge in [-0.2, -0.15) is 0 Å². The number of thiazole rings is 2. The maximum Gasteiger partial charge on any atom is 0.161 e. The quantitative estimate of drug-likeness (QED) is 0.337. The van der Waals surface area contributed by atoms with Crippen LogP contribution in [0.15, 0.2) is 59.3 Å². The first-order chi connectivity index (χ1) is 12.5. The molecule has 2 aromatic carbocycles. The van der Waals surface area contributed by atoms with Gasteiger partial charge in [0.1, 0.15) is 0 Å². The smallest absolute Gasteiger partial charge is 0.161 e. The van der Waals surface area contributed by atoms with Gasteiger partial charge in [-0.1, -0.05) is 48.5 Å². The molecule has 2 aromatic heterocycles. The second-order valence-electron chi connectivity index (χ2n) is 6.05. The van der Waals surface area contributed by atoms with Gasteiger partial charge in [0.15, 0.2) is 7.91 Å². The number of hydrogen-bond donors (Lipinski definition) is 0. The van der Waals surface area contributed by atoms with Crippen LogP contribution in [-0.4, -0.2) is 9.13 Å². The number of nitrogens with zero attached hydrogens (tertiary/aromatic N) is 2. The lowest BCUT2D eigenvalue weighted by atomic mass is 10.0. The topological polar surface area (TPSA) is 9.86 Å². The molecule has 0 saturated carbocycles. The van der Waals surface area contributed by atoms with Crippen molar-refractivity contribution in [3.05, 3.63) is 67.2 Å². The molecule has 0 unspecified atom stereocenters. The minimum absolute atomic E-state index is 0.892. The highest BCUT2D eigenvalue weighted by molar-refractivity contribution is 7.73. The Morgan fingerprint density at radius 2 is 0.885 bits per heavy atom. The summed E-state index contributed by atoms with van der Waals surface area (Å²) in [5, 5.41) is 4.22. The molecule has 2 heterocycles. The average Bonchev–Trinajstić information content (AvgIpc) is 3.18. The zero-order valence-electron chi connectivity index (χ0n) is 14.3. The normalized spacial score (nSPS) is 11.0. The van der Waals surface area contributed by atoms with E-state index in [1.165, 1.54) is 22.3 Å². The van der Waals surface area contributed by atoms with Crippen LogP contribution in [0.3, 0.4) is 0 Å². The van der Waals surface area contributed by atoms with Crippen LogP contribution >= 0.6 is 47.1 Å². The van der Waals surface area contributed by atoms with E-state index in [2.05, 4.69) is 68.4 Å². The molecule has 0 bridgehead atoms. The van der Waals surface area contributed by atoms with Crippen LogP contribution in [0.25, 0.3) is 33.6 Å². The van der Waals surface area contributed by atoms with Crippen LogP contribution in [0.2, 0.25) is 0 Å². The van der Waals surface area contributed by atoms with Crippen molar-refractivity contribution in [3.8, 4) is 33.6 Å². The minimum Gasteiger partial charge on any atom is -0.326 e. The summed E-state index contributed by atoms with van der Waals surface area (Å²) in [7, 11) is 4.03. The first-order valence-corrected chi connectivity index (χ1v) is 10.6. The molecule has 0 spiro atoms. The van der Waals surface area contributed by atoms with Crippen molar-refractivity contribution >= 4 is 47.1 Å². The zero-order valence-corrected chi connectivity index (χ0v) is 17.6. The molecule has 0 N–H and O–H groups in total. The first-order valence-electron chi connectivity index (χ1n) is 8.05. The molecule has 6 heteroatoms. The lowest BCUT2D eigenvalue weighted by molar-refractivity contribution is 0.929. The molecule has 0 aliphatic rings. The maximum absolute atomic E-state index is 5.31. The van der Waals surface area contributed by atoms with Gasteiger partial charge in [0.25, 0.3) is 0 Å². The van der Waals surface area contributed by atoms with Gasteiger partial charge < -0.3 is 9.13 Å². The summed E-state index contributed by atoms with van der Waals surface area (Å²) in [5.41, 5.74) is 7.09. The number of rotatable bonds is 3. The second-order valence-corrected chi connectivity index (χ2v) is 9.05. The monoisotopic (exact) mass is 412 g/mol. The Labute approximate surface area is 170 Å². The van der Waals surface area contributed by atoms with E-state index < -0.39 is 0 Å². The van der Waals surface area contributed by atoms with Crippen LogP contribution in [-0.2, 0) is 14.1 Å². The van der Waals surface area contributed by atoms with E-state index in [1.54, 1.807) is 22.7 Å². The Kier molecular flexibility index (Phi) is 4.75. The lowest BCUT2D eigenvalue weighted by Crippen LogP contribution is -1.91. The van der Waals surface area contributed by atoms with E-state index >= 15 is 0 Å². The molecular formula is C20H16N2S4. The molecule has 0 aliphatic carbocycles. The van der Waals surface area contributed by atoms with Gasteiger partial charge in [0.2, 0.25) is 0 Å². The third-order valence-corrected chi connectivity index (χ3v) is 7.27. The fourth-order valence-electron chi connectivity index (χ4n) is 2.92. The largest absolute Gasteiger partial charge is 0.326 e. The summed E-state index contributed by atoms with van der Waals surface area (Å²) in [6.07, 6.45) is 0. The molecule has 130 valence electrons. The summed E-state index contributed by atoms with van der Waals surface area (Å²) in [4.78, 5) is 0. The van der Waals surface area contributed by atoms with E-state index in [0.29, 0.717) is 0 Å². The van der Waals surface area contributed by atoms with Crippen molar-refractivity contribution in [2.45, 2.75) is 0 Å². The van der Waals surface area contributed by atoms with Crippen LogP contribution in [0.5, 0.6) is 0 Å². The van der Waals surface area contributed by atoms with E-state index in [0.717, 1.165) is 19.3 Å². The molecule has 0 fully saturated rings. The Bertz CT molecular complexity index is 1080. The molecular weight excluding hydrogens is 397 g/mol. The van der Waals surface area contributed by atoms with E-state index in [9.17, 15) is 0 Å².